The van der Waals surface area contributed by atoms with E-state index in [1.807, 2.05) is 12.3 Å². The van der Waals surface area contributed by atoms with E-state index in [4.69, 9.17) is 0 Å². The minimum atomic E-state index is 1.07. The zero-order chi connectivity index (χ0) is 8.72. The Labute approximate surface area is 71.6 Å². The van der Waals surface area contributed by atoms with E-state index < -0.39 is 0 Å². The van der Waals surface area contributed by atoms with Crippen molar-refractivity contribution in [3.05, 3.63) is 29.1 Å². The largest absolute Gasteiger partial charge is 0.360 e. The van der Waals surface area contributed by atoms with E-state index in [9.17, 15) is 0 Å². The van der Waals surface area contributed by atoms with Crippen LogP contribution in [0.2, 0.25) is 0 Å². The molecule has 62 valence electrons. The highest BCUT2D eigenvalue weighted by Gasteiger charge is 2.04. The van der Waals surface area contributed by atoms with Crippen molar-refractivity contribution in [3.8, 4) is 0 Å². The van der Waals surface area contributed by atoms with E-state index in [2.05, 4.69) is 30.7 Å². The molecule has 2 aromatic heterocycles. The molecule has 0 aliphatic carbocycles. The highest BCUT2D eigenvalue weighted by molar-refractivity contribution is 5.79. The van der Waals surface area contributed by atoms with E-state index in [0.29, 0.717) is 0 Å². The summed E-state index contributed by atoms with van der Waals surface area (Å²) in [6.45, 7) is 6.29. The molecule has 0 saturated carbocycles. The number of H-pyrrole nitrogens is 1. The molecule has 2 aromatic rings. The van der Waals surface area contributed by atoms with E-state index in [0.717, 1.165) is 16.7 Å². The van der Waals surface area contributed by atoms with Crippen LogP contribution in [-0.2, 0) is 0 Å². The van der Waals surface area contributed by atoms with E-state index in [1.54, 1.807) is 0 Å². The van der Waals surface area contributed by atoms with Crippen LogP contribution in [0, 0.1) is 20.8 Å². The lowest BCUT2D eigenvalue weighted by Gasteiger charge is -2.04. The molecule has 0 bridgehead atoms. The Hall–Kier alpha value is -1.31. The number of rotatable bonds is 0. The Morgan fingerprint density at radius 2 is 1.92 bits per heavy atom. The lowest BCUT2D eigenvalue weighted by atomic mass is 10.1. The highest BCUT2D eigenvalue weighted by Crippen LogP contribution is 2.19. The molecule has 12 heavy (non-hydrogen) atoms. The van der Waals surface area contributed by atoms with Gasteiger partial charge in [-0.05, 0) is 38.0 Å². The molecule has 0 amide bonds. The predicted molar refractivity (Wildman–Crippen MR) is 50.3 cm³/mol. The van der Waals surface area contributed by atoms with Crippen LogP contribution in [0.5, 0.6) is 0 Å². The first-order valence-electron chi connectivity index (χ1n) is 4.11. The van der Waals surface area contributed by atoms with Gasteiger partial charge in [-0.2, -0.15) is 0 Å². The second-order valence-electron chi connectivity index (χ2n) is 3.19. The normalized spacial score (nSPS) is 10.9. The maximum absolute atomic E-state index is 4.46. The minimum Gasteiger partial charge on any atom is -0.360 e. The van der Waals surface area contributed by atoms with Gasteiger partial charge in [0.05, 0.1) is 11.0 Å². The monoisotopic (exact) mass is 160 g/mol. The molecule has 0 fully saturated rings. The van der Waals surface area contributed by atoms with Gasteiger partial charge in [0.15, 0.2) is 0 Å². The fourth-order valence-electron chi connectivity index (χ4n) is 1.48. The quantitative estimate of drug-likeness (QED) is 0.630. The second kappa shape index (κ2) is 2.34. The number of aromatic nitrogens is 2. The highest BCUT2D eigenvalue weighted by atomic mass is 14.8. The smallest absolute Gasteiger partial charge is 0.0884 e. The Morgan fingerprint density at radius 3 is 2.67 bits per heavy atom. The average Bonchev–Trinajstić information content (AvgIpc) is 2.48. The van der Waals surface area contributed by atoms with Crippen molar-refractivity contribution in [2.45, 2.75) is 20.8 Å². The summed E-state index contributed by atoms with van der Waals surface area (Å²) < 4.78 is 0. The average molecular weight is 160 g/mol. The lowest BCUT2D eigenvalue weighted by Crippen LogP contribution is -1.91. The van der Waals surface area contributed by atoms with Gasteiger partial charge < -0.3 is 4.98 Å². The van der Waals surface area contributed by atoms with Gasteiger partial charge in [-0.3, -0.25) is 4.98 Å². The molecule has 0 unspecified atom stereocenters. The summed E-state index contributed by atoms with van der Waals surface area (Å²) in [5.41, 5.74) is 5.95. The molecule has 0 radical (unpaired) electrons. The molecule has 2 heteroatoms. The van der Waals surface area contributed by atoms with E-state index >= 15 is 0 Å². The SMILES string of the molecule is Cc1nc2cc[nH]c2c(C)c1C. The Morgan fingerprint density at radius 1 is 1.17 bits per heavy atom. The zero-order valence-corrected chi connectivity index (χ0v) is 7.60. The van der Waals surface area contributed by atoms with E-state index in [-0.39, 0.29) is 0 Å². The van der Waals surface area contributed by atoms with Crippen molar-refractivity contribution in [2.24, 2.45) is 0 Å². The lowest BCUT2D eigenvalue weighted by molar-refractivity contribution is 1.16. The topological polar surface area (TPSA) is 28.7 Å². The number of aromatic amines is 1. The van der Waals surface area contributed by atoms with Gasteiger partial charge in [-0.25, -0.2) is 0 Å². The van der Waals surface area contributed by atoms with Crippen molar-refractivity contribution in [3.63, 3.8) is 0 Å². The van der Waals surface area contributed by atoms with Crippen molar-refractivity contribution >= 4 is 11.0 Å². The van der Waals surface area contributed by atoms with Crippen LogP contribution in [0.25, 0.3) is 11.0 Å². The maximum Gasteiger partial charge on any atom is 0.0884 e. The number of fused-ring (bicyclic) bond motifs is 1. The number of aryl methyl sites for hydroxylation is 2. The van der Waals surface area contributed by atoms with Crippen molar-refractivity contribution in [1.29, 1.82) is 0 Å². The van der Waals surface area contributed by atoms with E-state index in [1.165, 1.54) is 11.1 Å². The summed E-state index contributed by atoms with van der Waals surface area (Å²) in [7, 11) is 0. The van der Waals surface area contributed by atoms with Crippen LogP contribution in [0.4, 0.5) is 0 Å². The summed E-state index contributed by atoms with van der Waals surface area (Å²) in [5, 5.41) is 0. The Kier molecular flexibility index (Phi) is 1.43. The van der Waals surface area contributed by atoms with Gasteiger partial charge in [-0.15, -0.1) is 0 Å². The van der Waals surface area contributed by atoms with Gasteiger partial charge in [0.25, 0.3) is 0 Å². The van der Waals surface area contributed by atoms with Gasteiger partial charge >= 0.3 is 0 Å². The minimum absolute atomic E-state index is 1.07. The van der Waals surface area contributed by atoms with Crippen LogP contribution in [0.15, 0.2) is 12.3 Å². The van der Waals surface area contributed by atoms with Crippen LogP contribution in [0.3, 0.4) is 0 Å². The molecular weight excluding hydrogens is 148 g/mol. The van der Waals surface area contributed by atoms with Crippen molar-refractivity contribution in [2.75, 3.05) is 0 Å². The molecule has 0 aliphatic rings. The molecule has 2 nitrogen and oxygen atoms in total. The molecule has 1 N–H and O–H groups in total. The Balaban J connectivity index is 2.94. The van der Waals surface area contributed by atoms with Gasteiger partial charge in [0.1, 0.15) is 0 Å². The fourth-order valence-corrected chi connectivity index (χ4v) is 1.48. The number of hydrogen-bond acceptors (Lipinski definition) is 1. The first-order valence-corrected chi connectivity index (χ1v) is 4.11. The molecule has 0 atom stereocenters. The number of nitrogens with zero attached hydrogens (tertiary/aromatic N) is 1. The first kappa shape index (κ1) is 7.35. The van der Waals surface area contributed by atoms with Gasteiger partial charge in [0.2, 0.25) is 0 Å². The zero-order valence-electron chi connectivity index (χ0n) is 7.60. The first-order chi connectivity index (χ1) is 5.70. The predicted octanol–water partition coefficient (Wildman–Crippen LogP) is 2.49. The van der Waals surface area contributed by atoms with Crippen molar-refractivity contribution < 1.29 is 0 Å². The molecule has 0 aromatic carbocycles. The molecule has 2 heterocycles. The fraction of sp³-hybridized carbons (Fsp3) is 0.300. The molecule has 0 spiro atoms. The Bertz CT molecular complexity index is 427. The van der Waals surface area contributed by atoms with Gasteiger partial charge in [0, 0.05) is 11.9 Å². The third-order valence-corrected chi connectivity index (χ3v) is 2.49. The summed E-state index contributed by atoms with van der Waals surface area (Å²) >= 11 is 0. The maximum atomic E-state index is 4.46. The number of nitrogens with one attached hydrogen (secondary N) is 1. The molecule has 0 saturated heterocycles. The second-order valence-corrected chi connectivity index (χ2v) is 3.19. The van der Waals surface area contributed by atoms with Crippen LogP contribution in [0.1, 0.15) is 16.8 Å². The standard InChI is InChI=1S/C10H12N2/c1-6-7(2)10-9(4-5-11-10)12-8(6)3/h4-5,11H,1-3H3. The van der Waals surface area contributed by atoms with Crippen LogP contribution < -0.4 is 0 Å². The summed E-state index contributed by atoms with van der Waals surface area (Å²) in [4.78, 5) is 7.66. The number of pyridine rings is 1. The summed E-state index contributed by atoms with van der Waals surface area (Å²) in [6, 6.07) is 2.01. The van der Waals surface area contributed by atoms with Crippen LogP contribution >= 0.6 is 0 Å². The third kappa shape index (κ3) is 0.843. The summed E-state index contributed by atoms with van der Waals surface area (Å²) in [6.07, 6.45) is 1.93. The summed E-state index contributed by atoms with van der Waals surface area (Å²) in [5.74, 6) is 0. The molecular formula is C10H12N2. The molecule has 0 aliphatic heterocycles. The molecule has 2 rings (SSSR count). The van der Waals surface area contributed by atoms with Crippen LogP contribution in [-0.4, -0.2) is 9.97 Å². The number of hydrogen-bond donors (Lipinski definition) is 1. The van der Waals surface area contributed by atoms with Gasteiger partial charge in [-0.1, -0.05) is 0 Å². The third-order valence-electron chi connectivity index (χ3n) is 2.49. The van der Waals surface area contributed by atoms with Crippen molar-refractivity contribution in [1.82, 2.24) is 9.97 Å².